The summed E-state index contributed by atoms with van der Waals surface area (Å²) in [5.74, 6) is 0.441. The summed E-state index contributed by atoms with van der Waals surface area (Å²) in [5, 5.41) is 5.58. The first kappa shape index (κ1) is 13.5. The lowest BCUT2D eigenvalue weighted by Crippen LogP contribution is -2.31. The van der Waals surface area contributed by atoms with E-state index < -0.39 is 0 Å². The number of carbonyl (C=O) groups excluding carboxylic acids is 1. The Morgan fingerprint density at radius 2 is 2.06 bits per heavy atom. The molecule has 0 aromatic heterocycles. The van der Waals surface area contributed by atoms with Gasteiger partial charge in [-0.1, -0.05) is 26.0 Å². The van der Waals surface area contributed by atoms with Crippen molar-refractivity contribution in [2.45, 2.75) is 26.8 Å². The fourth-order valence-corrected chi connectivity index (χ4v) is 1.37. The number of nitrogens with one attached hydrogen (secondary N) is 2. The standard InChI is InChI=1S/C13H21N3O/c1-9(2)8-15-13(17)16-12-6-4-5-11(7-12)10(3)14/h4-7,9-10H,8,14H2,1-3H3,(H2,15,16,17). The molecule has 0 aliphatic heterocycles. The maximum atomic E-state index is 11.5. The molecule has 0 heterocycles. The topological polar surface area (TPSA) is 67.2 Å². The van der Waals surface area contributed by atoms with Crippen LogP contribution in [0.15, 0.2) is 24.3 Å². The first-order valence-corrected chi connectivity index (χ1v) is 5.89. The van der Waals surface area contributed by atoms with Crippen LogP contribution in [0.25, 0.3) is 0 Å². The van der Waals surface area contributed by atoms with Crippen molar-refractivity contribution < 1.29 is 4.79 Å². The summed E-state index contributed by atoms with van der Waals surface area (Å²) in [4.78, 5) is 11.5. The first-order valence-electron chi connectivity index (χ1n) is 5.89. The maximum absolute atomic E-state index is 11.5. The minimum Gasteiger partial charge on any atom is -0.338 e. The highest BCUT2D eigenvalue weighted by Gasteiger charge is 2.04. The van der Waals surface area contributed by atoms with Crippen molar-refractivity contribution in [3.05, 3.63) is 29.8 Å². The van der Waals surface area contributed by atoms with Gasteiger partial charge in [-0.25, -0.2) is 4.79 Å². The second-order valence-corrected chi connectivity index (χ2v) is 4.64. The molecule has 0 saturated heterocycles. The molecule has 0 spiro atoms. The molecule has 0 aliphatic carbocycles. The van der Waals surface area contributed by atoms with Crippen LogP contribution < -0.4 is 16.4 Å². The van der Waals surface area contributed by atoms with Crippen LogP contribution >= 0.6 is 0 Å². The Labute approximate surface area is 103 Å². The molecule has 1 unspecified atom stereocenters. The molecular weight excluding hydrogens is 214 g/mol. The molecule has 4 nitrogen and oxygen atoms in total. The third-order valence-corrected chi connectivity index (χ3v) is 2.34. The monoisotopic (exact) mass is 235 g/mol. The van der Waals surface area contributed by atoms with Crippen LogP contribution in [-0.2, 0) is 0 Å². The third-order valence-electron chi connectivity index (χ3n) is 2.34. The minimum atomic E-state index is -0.180. The second-order valence-electron chi connectivity index (χ2n) is 4.64. The van der Waals surface area contributed by atoms with Gasteiger partial charge in [-0.05, 0) is 30.5 Å². The van der Waals surface area contributed by atoms with Crippen molar-refractivity contribution in [2.24, 2.45) is 11.7 Å². The van der Waals surface area contributed by atoms with Crippen LogP contribution in [0, 0.1) is 5.92 Å². The molecule has 1 aromatic rings. The number of nitrogens with two attached hydrogens (primary N) is 1. The third kappa shape index (κ3) is 4.87. The fourth-order valence-electron chi connectivity index (χ4n) is 1.37. The van der Waals surface area contributed by atoms with Crippen LogP contribution in [0.2, 0.25) is 0 Å². The van der Waals surface area contributed by atoms with E-state index in [2.05, 4.69) is 24.5 Å². The summed E-state index contributed by atoms with van der Waals surface area (Å²) in [6.07, 6.45) is 0. The summed E-state index contributed by atoms with van der Waals surface area (Å²) in [5.41, 5.74) is 7.55. The van der Waals surface area contributed by atoms with E-state index in [4.69, 9.17) is 5.73 Å². The number of anilines is 1. The lowest BCUT2D eigenvalue weighted by Gasteiger charge is -2.11. The number of rotatable bonds is 4. The number of urea groups is 1. The molecule has 2 amide bonds. The molecular formula is C13H21N3O. The molecule has 17 heavy (non-hydrogen) atoms. The van der Waals surface area contributed by atoms with Gasteiger partial charge in [0.25, 0.3) is 0 Å². The Morgan fingerprint density at radius 3 is 2.65 bits per heavy atom. The second kappa shape index (κ2) is 6.25. The summed E-state index contributed by atoms with van der Waals surface area (Å²) >= 11 is 0. The Morgan fingerprint density at radius 1 is 1.35 bits per heavy atom. The summed E-state index contributed by atoms with van der Waals surface area (Å²) in [6, 6.07) is 7.36. The van der Waals surface area contributed by atoms with Gasteiger partial charge in [0.15, 0.2) is 0 Å². The average molecular weight is 235 g/mol. The molecule has 0 bridgehead atoms. The highest BCUT2D eigenvalue weighted by molar-refractivity contribution is 5.89. The van der Waals surface area contributed by atoms with Crippen molar-refractivity contribution in [3.8, 4) is 0 Å². The Balaban J connectivity index is 2.56. The molecule has 1 rings (SSSR count). The average Bonchev–Trinajstić information content (AvgIpc) is 2.26. The SMILES string of the molecule is CC(C)CNC(=O)Nc1cccc(C(C)N)c1. The van der Waals surface area contributed by atoms with Crippen molar-refractivity contribution in [1.82, 2.24) is 5.32 Å². The van der Waals surface area contributed by atoms with Crippen LogP contribution in [0.1, 0.15) is 32.4 Å². The van der Waals surface area contributed by atoms with Crippen molar-refractivity contribution in [3.63, 3.8) is 0 Å². The zero-order valence-electron chi connectivity index (χ0n) is 10.7. The van der Waals surface area contributed by atoms with E-state index >= 15 is 0 Å². The van der Waals surface area contributed by atoms with E-state index in [0.29, 0.717) is 12.5 Å². The predicted octanol–water partition coefficient (Wildman–Crippen LogP) is 2.48. The highest BCUT2D eigenvalue weighted by Crippen LogP contribution is 2.15. The smallest absolute Gasteiger partial charge is 0.319 e. The number of hydrogen-bond donors (Lipinski definition) is 3. The van der Waals surface area contributed by atoms with Crippen molar-refractivity contribution in [2.75, 3.05) is 11.9 Å². The molecule has 4 heteroatoms. The van der Waals surface area contributed by atoms with Gasteiger partial charge in [-0.3, -0.25) is 0 Å². The van der Waals surface area contributed by atoms with Gasteiger partial charge in [0.1, 0.15) is 0 Å². The Kier molecular flexibility index (Phi) is 4.97. The van der Waals surface area contributed by atoms with Gasteiger partial charge >= 0.3 is 6.03 Å². The van der Waals surface area contributed by atoms with Crippen LogP contribution in [0.4, 0.5) is 10.5 Å². The van der Waals surface area contributed by atoms with E-state index in [-0.39, 0.29) is 12.1 Å². The summed E-state index contributed by atoms with van der Waals surface area (Å²) in [7, 11) is 0. The van der Waals surface area contributed by atoms with Gasteiger partial charge in [-0.15, -0.1) is 0 Å². The number of hydrogen-bond acceptors (Lipinski definition) is 2. The van der Waals surface area contributed by atoms with Gasteiger partial charge in [0.2, 0.25) is 0 Å². The number of carbonyl (C=O) groups is 1. The Bertz CT molecular complexity index is 375. The van der Waals surface area contributed by atoms with Crippen molar-refractivity contribution >= 4 is 11.7 Å². The van der Waals surface area contributed by atoms with E-state index in [1.165, 1.54) is 0 Å². The number of amides is 2. The highest BCUT2D eigenvalue weighted by atomic mass is 16.2. The van der Waals surface area contributed by atoms with Gasteiger partial charge in [0.05, 0.1) is 0 Å². The molecule has 0 radical (unpaired) electrons. The predicted molar refractivity (Wildman–Crippen MR) is 70.9 cm³/mol. The molecule has 94 valence electrons. The molecule has 1 aromatic carbocycles. The lowest BCUT2D eigenvalue weighted by molar-refractivity contribution is 0.251. The maximum Gasteiger partial charge on any atom is 0.319 e. The lowest BCUT2D eigenvalue weighted by atomic mass is 10.1. The molecule has 4 N–H and O–H groups in total. The molecule has 0 saturated carbocycles. The van der Waals surface area contributed by atoms with Crippen LogP contribution in [0.5, 0.6) is 0 Å². The minimum absolute atomic E-state index is 0.0320. The van der Waals surface area contributed by atoms with Crippen LogP contribution in [-0.4, -0.2) is 12.6 Å². The van der Waals surface area contributed by atoms with Gasteiger partial charge in [-0.2, -0.15) is 0 Å². The van der Waals surface area contributed by atoms with E-state index in [0.717, 1.165) is 11.3 Å². The largest absolute Gasteiger partial charge is 0.338 e. The molecule has 0 fully saturated rings. The van der Waals surface area contributed by atoms with Gasteiger partial charge in [0, 0.05) is 18.3 Å². The molecule has 0 aliphatic rings. The number of benzene rings is 1. The van der Waals surface area contributed by atoms with E-state index in [1.54, 1.807) is 0 Å². The van der Waals surface area contributed by atoms with Crippen LogP contribution in [0.3, 0.4) is 0 Å². The van der Waals surface area contributed by atoms with E-state index in [1.807, 2.05) is 31.2 Å². The molecule has 1 atom stereocenters. The van der Waals surface area contributed by atoms with Crippen molar-refractivity contribution in [1.29, 1.82) is 0 Å². The quantitative estimate of drug-likeness (QED) is 0.750. The van der Waals surface area contributed by atoms with Gasteiger partial charge < -0.3 is 16.4 Å². The zero-order valence-corrected chi connectivity index (χ0v) is 10.7. The first-order chi connectivity index (χ1) is 7.99. The fraction of sp³-hybridized carbons (Fsp3) is 0.462. The van der Waals surface area contributed by atoms with E-state index in [9.17, 15) is 4.79 Å². The zero-order chi connectivity index (χ0) is 12.8. The normalized spacial score (nSPS) is 12.3. The summed E-state index contributed by atoms with van der Waals surface area (Å²) < 4.78 is 0. The summed E-state index contributed by atoms with van der Waals surface area (Å²) in [6.45, 7) is 6.69. The Hall–Kier alpha value is -1.55.